The molecule has 0 aromatic heterocycles. The smallest absolute Gasteiger partial charge is 0.306 e. The van der Waals surface area contributed by atoms with E-state index in [0.717, 1.165) is 57.8 Å². The minimum atomic E-state index is -0.809. The number of hydrogen-bond acceptors (Lipinski definition) is 5. The van der Waals surface area contributed by atoms with Crippen molar-refractivity contribution in [2.24, 2.45) is 0 Å². The van der Waals surface area contributed by atoms with Gasteiger partial charge in [0, 0.05) is 12.8 Å². The van der Waals surface area contributed by atoms with Gasteiger partial charge in [0.2, 0.25) is 5.91 Å². The number of hydrogen-bond donors (Lipinski definition) is 3. The van der Waals surface area contributed by atoms with Crippen LogP contribution in [0.1, 0.15) is 252 Å². The summed E-state index contributed by atoms with van der Waals surface area (Å²) in [5.41, 5.74) is 0. The Balaban J connectivity index is 4.62. The van der Waals surface area contributed by atoms with Gasteiger partial charge in [0.05, 0.1) is 25.2 Å². The molecule has 6 nitrogen and oxygen atoms in total. The van der Waals surface area contributed by atoms with Gasteiger partial charge in [-0.15, -0.1) is 0 Å². The average molecular weight is 828 g/mol. The van der Waals surface area contributed by atoms with E-state index in [9.17, 15) is 19.8 Å². The summed E-state index contributed by atoms with van der Waals surface area (Å²) in [5, 5.41) is 23.7. The lowest BCUT2D eigenvalue weighted by Gasteiger charge is -2.24. The Hall–Kier alpha value is -2.18. The van der Waals surface area contributed by atoms with E-state index >= 15 is 0 Å². The molecule has 3 N–H and O–H groups in total. The lowest BCUT2D eigenvalue weighted by atomic mass is 10.0. The quantitative estimate of drug-likeness (QED) is 0.0323. The van der Waals surface area contributed by atoms with Gasteiger partial charge in [0.25, 0.3) is 0 Å². The third kappa shape index (κ3) is 42.3. The highest BCUT2D eigenvalue weighted by molar-refractivity contribution is 5.77. The zero-order valence-electron chi connectivity index (χ0n) is 39.1. The fraction of sp³-hybridized carbons (Fsp3) is 0.811. The maximum absolute atomic E-state index is 13.1. The summed E-state index contributed by atoms with van der Waals surface area (Å²) in [6.07, 6.45) is 56.2. The van der Waals surface area contributed by atoms with Crippen LogP contribution < -0.4 is 5.32 Å². The van der Waals surface area contributed by atoms with Crippen LogP contribution in [0.25, 0.3) is 0 Å². The second-order valence-electron chi connectivity index (χ2n) is 17.2. The Morgan fingerprint density at radius 1 is 0.508 bits per heavy atom. The van der Waals surface area contributed by atoms with Gasteiger partial charge in [0.15, 0.2) is 0 Å². The van der Waals surface area contributed by atoms with Gasteiger partial charge in [0.1, 0.15) is 6.10 Å². The van der Waals surface area contributed by atoms with Gasteiger partial charge >= 0.3 is 5.97 Å². The first kappa shape index (κ1) is 56.8. The van der Waals surface area contributed by atoms with Crippen LogP contribution in [-0.4, -0.2) is 46.9 Å². The Bertz CT molecular complexity index is 1020. The van der Waals surface area contributed by atoms with Crippen molar-refractivity contribution < 1.29 is 24.5 Å². The van der Waals surface area contributed by atoms with Crippen molar-refractivity contribution in [2.45, 2.75) is 270 Å². The number of ether oxygens (including phenoxy) is 1. The molecule has 0 radical (unpaired) electrons. The topological polar surface area (TPSA) is 95.9 Å². The van der Waals surface area contributed by atoms with Crippen LogP contribution in [0.5, 0.6) is 0 Å². The molecule has 0 aromatic rings. The third-order valence-electron chi connectivity index (χ3n) is 11.4. The van der Waals surface area contributed by atoms with E-state index in [1.165, 1.54) is 148 Å². The zero-order chi connectivity index (χ0) is 43.1. The SMILES string of the molecule is CCCCC/C=C\C/C=C\C/C=C\C/C=C\CC(CC(=O)NC(CO)C(O)CCCCCCCCCCCCCCCCCC)OC(=O)CCCCCCCCCCC. The number of carbonyl (C=O) groups is 2. The van der Waals surface area contributed by atoms with Gasteiger partial charge in [-0.25, -0.2) is 0 Å². The minimum Gasteiger partial charge on any atom is -0.461 e. The van der Waals surface area contributed by atoms with Crippen molar-refractivity contribution in [3.8, 4) is 0 Å². The molecule has 3 atom stereocenters. The molecule has 0 fully saturated rings. The normalized spacial score (nSPS) is 13.6. The van der Waals surface area contributed by atoms with E-state index in [4.69, 9.17) is 4.74 Å². The van der Waals surface area contributed by atoms with Crippen molar-refractivity contribution in [3.63, 3.8) is 0 Å². The molecule has 0 aliphatic rings. The van der Waals surface area contributed by atoms with Crippen molar-refractivity contribution in [3.05, 3.63) is 48.6 Å². The Morgan fingerprint density at radius 3 is 1.36 bits per heavy atom. The standard InChI is InChI=1S/C53H97NO5/c1-4-7-10-13-16-19-21-23-25-27-29-31-34-36-39-42-45-51(56)50(48-55)54-52(57)47-49(59-53(58)46-43-40-37-32-18-15-12-9-6-3)44-41-38-35-33-30-28-26-24-22-20-17-14-11-8-5-2/h17,20,24,26,30,33,38,41,49-51,55-56H,4-16,18-19,21-23,25,27-29,31-32,34-37,39-40,42-48H2,1-3H3,(H,54,57)/b20-17-,26-24-,33-30-,41-38-. The highest BCUT2D eigenvalue weighted by Gasteiger charge is 2.23. The first-order valence-corrected chi connectivity index (χ1v) is 25.4. The number of rotatable bonds is 45. The molecule has 0 aliphatic carbocycles. The maximum atomic E-state index is 13.1. The summed E-state index contributed by atoms with van der Waals surface area (Å²) in [7, 11) is 0. The first-order chi connectivity index (χ1) is 29.0. The molecule has 6 heteroatoms. The predicted octanol–water partition coefficient (Wildman–Crippen LogP) is 15.1. The largest absolute Gasteiger partial charge is 0.461 e. The monoisotopic (exact) mass is 828 g/mol. The highest BCUT2D eigenvalue weighted by Crippen LogP contribution is 2.17. The summed E-state index contributed by atoms with van der Waals surface area (Å²) >= 11 is 0. The summed E-state index contributed by atoms with van der Waals surface area (Å²) in [5.74, 6) is -0.573. The van der Waals surface area contributed by atoms with E-state index in [1.807, 2.05) is 6.08 Å². The van der Waals surface area contributed by atoms with Crippen LogP contribution in [0.15, 0.2) is 48.6 Å². The number of aliphatic hydroxyl groups is 2. The van der Waals surface area contributed by atoms with Crippen molar-refractivity contribution in [1.29, 1.82) is 0 Å². The van der Waals surface area contributed by atoms with Crippen LogP contribution in [0.3, 0.4) is 0 Å². The van der Waals surface area contributed by atoms with Crippen LogP contribution in [0.4, 0.5) is 0 Å². The van der Waals surface area contributed by atoms with Crippen molar-refractivity contribution >= 4 is 11.9 Å². The first-order valence-electron chi connectivity index (χ1n) is 25.4. The Kier molecular flexibility index (Phi) is 45.1. The number of amides is 1. The summed E-state index contributed by atoms with van der Waals surface area (Å²) in [6.45, 7) is 6.41. The molecule has 0 aromatic carbocycles. The number of esters is 1. The van der Waals surface area contributed by atoms with Crippen molar-refractivity contribution in [1.82, 2.24) is 5.32 Å². The molecular formula is C53H97NO5. The van der Waals surface area contributed by atoms with Gasteiger partial charge in [-0.1, -0.05) is 236 Å². The Morgan fingerprint density at radius 2 is 0.898 bits per heavy atom. The number of nitrogens with one attached hydrogen (secondary N) is 1. The number of carbonyl (C=O) groups excluding carboxylic acids is 2. The van der Waals surface area contributed by atoms with E-state index in [-0.39, 0.29) is 24.9 Å². The van der Waals surface area contributed by atoms with E-state index < -0.39 is 18.2 Å². The van der Waals surface area contributed by atoms with Crippen LogP contribution in [0, 0.1) is 0 Å². The van der Waals surface area contributed by atoms with Gasteiger partial charge in [-0.05, 0) is 44.9 Å². The molecule has 3 unspecified atom stereocenters. The molecule has 59 heavy (non-hydrogen) atoms. The predicted molar refractivity (Wildman–Crippen MR) is 255 cm³/mol. The molecule has 0 aliphatic heterocycles. The van der Waals surface area contributed by atoms with Crippen LogP contribution in [0.2, 0.25) is 0 Å². The van der Waals surface area contributed by atoms with E-state index in [1.54, 1.807) is 0 Å². The zero-order valence-corrected chi connectivity index (χ0v) is 39.1. The molecule has 0 saturated carbocycles. The molecule has 0 spiro atoms. The van der Waals surface area contributed by atoms with Crippen LogP contribution >= 0.6 is 0 Å². The molecule has 1 amide bonds. The molecule has 0 heterocycles. The van der Waals surface area contributed by atoms with E-state index in [2.05, 4.69) is 68.6 Å². The molecular weight excluding hydrogens is 731 g/mol. The molecule has 0 rings (SSSR count). The molecule has 344 valence electrons. The fourth-order valence-electron chi connectivity index (χ4n) is 7.53. The number of allylic oxidation sites excluding steroid dienone is 7. The summed E-state index contributed by atoms with van der Waals surface area (Å²) < 4.78 is 5.84. The number of aliphatic hydroxyl groups excluding tert-OH is 2. The maximum Gasteiger partial charge on any atom is 0.306 e. The summed E-state index contributed by atoms with van der Waals surface area (Å²) in [4.78, 5) is 26.0. The lowest BCUT2D eigenvalue weighted by molar-refractivity contribution is -0.150. The molecule has 0 saturated heterocycles. The summed E-state index contributed by atoms with van der Waals surface area (Å²) in [6, 6.07) is -0.728. The second-order valence-corrected chi connectivity index (χ2v) is 17.2. The van der Waals surface area contributed by atoms with Crippen LogP contribution in [-0.2, 0) is 14.3 Å². The highest BCUT2D eigenvalue weighted by atomic mass is 16.5. The molecule has 0 bridgehead atoms. The van der Waals surface area contributed by atoms with E-state index in [0.29, 0.717) is 19.3 Å². The fourth-order valence-corrected chi connectivity index (χ4v) is 7.53. The Labute approximate surface area is 366 Å². The second kappa shape index (κ2) is 46.9. The van der Waals surface area contributed by atoms with Gasteiger partial charge < -0.3 is 20.3 Å². The lowest BCUT2D eigenvalue weighted by Crippen LogP contribution is -2.46. The average Bonchev–Trinajstić information content (AvgIpc) is 3.23. The third-order valence-corrected chi connectivity index (χ3v) is 11.4. The number of unbranched alkanes of at least 4 members (excludes halogenated alkanes) is 26. The van der Waals surface area contributed by atoms with Crippen molar-refractivity contribution in [2.75, 3.05) is 6.61 Å². The van der Waals surface area contributed by atoms with Gasteiger partial charge in [-0.3, -0.25) is 9.59 Å². The van der Waals surface area contributed by atoms with Gasteiger partial charge in [-0.2, -0.15) is 0 Å². The minimum absolute atomic E-state index is 0.00376.